The standard InChI is InChI=1S/C21H27N3O3S/c1-16-10-11-19(23-17(2)25)14-21(16)28(26,27)22-15-20(24-12-6-7-13-24)18-8-4-3-5-9-18/h3-5,8-11,14,20,22H,6-7,12-13,15H2,1-2H3,(H,23,25)/t20-/m1/s1. The van der Waals surface area contributed by atoms with Crippen molar-refractivity contribution >= 4 is 21.6 Å². The van der Waals surface area contributed by atoms with Gasteiger partial charge in [-0.05, 0) is 56.1 Å². The number of nitrogens with one attached hydrogen (secondary N) is 2. The van der Waals surface area contributed by atoms with Gasteiger partial charge in [0, 0.05) is 25.2 Å². The van der Waals surface area contributed by atoms with Crippen LogP contribution in [0.3, 0.4) is 0 Å². The summed E-state index contributed by atoms with van der Waals surface area (Å²) in [6.45, 7) is 5.39. The number of carbonyl (C=O) groups is 1. The number of sulfonamides is 1. The SMILES string of the molecule is CC(=O)Nc1ccc(C)c(S(=O)(=O)NC[C@H](c2ccccc2)N2CCCC2)c1. The Morgan fingerprint density at radius 3 is 2.43 bits per heavy atom. The maximum atomic E-state index is 13.0. The summed E-state index contributed by atoms with van der Waals surface area (Å²) in [4.78, 5) is 13.8. The van der Waals surface area contributed by atoms with Gasteiger partial charge in [-0.15, -0.1) is 0 Å². The van der Waals surface area contributed by atoms with Crippen LogP contribution in [-0.4, -0.2) is 38.9 Å². The highest BCUT2D eigenvalue weighted by atomic mass is 32.2. The third-order valence-corrected chi connectivity index (χ3v) is 6.60. The minimum absolute atomic E-state index is 0.00249. The molecule has 2 aromatic rings. The van der Waals surface area contributed by atoms with Crippen LogP contribution in [0.5, 0.6) is 0 Å². The summed E-state index contributed by atoms with van der Waals surface area (Å²) < 4.78 is 28.8. The second-order valence-corrected chi connectivity index (χ2v) is 8.92. The second-order valence-electron chi connectivity index (χ2n) is 7.18. The van der Waals surface area contributed by atoms with Gasteiger partial charge >= 0.3 is 0 Å². The van der Waals surface area contributed by atoms with Crippen molar-refractivity contribution in [3.8, 4) is 0 Å². The number of hydrogen-bond acceptors (Lipinski definition) is 4. The van der Waals surface area contributed by atoms with E-state index in [0.29, 0.717) is 17.8 Å². The van der Waals surface area contributed by atoms with Crippen molar-refractivity contribution < 1.29 is 13.2 Å². The molecule has 1 aliphatic heterocycles. The molecule has 1 saturated heterocycles. The molecule has 2 aromatic carbocycles. The Labute approximate surface area is 167 Å². The fraction of sp³-hybridized carbons (Fsp3) is 0.381. The molecule has 1 heterocycles. The predicted molar refractivity (Wildman–Crippen MR) is 111 cm³/mol. The Hall–Kier alpha value is -2.22. The molecule has 0 radical (unpaired) electrons. The topological polar surface area (TPSA) is 78.5 Å². The summed E-state index contributed by atoms with van der Waals surface area (Å²) in [7, 11) is -3.71. The summed E-state index contributed by atoms with van der Waals surface area (Å²) in [5.41, 5.74) is 2.22. The highest BCUT2D eigenvalue weighted by Crippen LogP contribution is 2.26. The lowest BCUT2D eigenvalue weighted by molar-refractivity contribution is -0.114. The van der Waals surface area contributed by atoms with Crippen LogP contribution in [0.1, 0.15) is 36.9 Å². The molecule has 1 fully saturated rings. The summed E-state index contributed by atoms with van der Waals surface area (Å²) >= 11 is 0. The minimum Gasteiger partial charge on any atom is -0.326 e. The smallest absolute Gasteiger partial charge is 0.240 e. The van der Waals surface area contributed by atoms with Crippen molar-refractivity contribution in [2.24, 2.45) is 0 Å². The molecule has 0 aliphatic carbocycles. The van der Waals surface area contributed by atoms with Crippen LogP contribution in [0, 0.1) is 6.92 Å². The minimum atomic E-state index is -3.71. The predicted octanol–water partition coefficient (Wildman–Crippen LogP) is 3.07. The van der Waals surface area contributed by atoms with Crippen LogP contribution in [0.4, 0.5) is 5.69 Å². The number of rotatable bonds is 7. The molecule has 1 atom stereocenters. The van der Waals surface area contributed by atoms with Crippen LogP contribution in [0.2, 0.25) is 0 Å². The number of hydrogen-bond donors (Lipinski definition) is 2. The summed E-state index contributed by atoms with van der Waals surface area (Å²) in [5, 5.41) is 2.64. The normalized spacial score (nSPS) is 16.1. The molecular weight excluding hydrogens is 374 g/mol. The maximum Gasteiger partial charge on any atom is 0.240 e. The number of aryl methyl sites for hydroxylation is 1. The maximum absolute atomic E-state index is 13.0. The van der Waals surface area contributed by atoms with Crippen LogP contribution >= 0.6 is 0 Å². The molecule has 1 aliphatic rings. The van der Waals surface area contributed by atoms with Crippen molar-refractivity contribution in [2.45, 2.75) is 37.6 Å². The molecular formula is C21H27N3O3S. The highest BCUT2D eigenvalue weighted by Gasteiger charge is 2.26. The van der Waals surface area contributed by atoms with E-state index in [2.05, 4.69) is 14.9 Å². The van der Waals surface area contributed by atoms with E-state index in [1.807, 2.05) is 30.3 Å². The van der Waals surface area contributed by atoms with Crippen molar-refractivity contribution in [3.63, 3.8) is 0 Å². The monoisotopic (exact) mass is 401 g/mol. The molecule has 0 bridgehead atoms. The van der Waals surface area contributed by atoms with Crippen molar-refractivity contribution in [3.05, 3.63) is 59.7 Å². The lowest BCUT2D eigenvalue weighted by atomic mass is 10.1. The molecule has 0 spiro atoms. The zero-order valence-corrected chi connectivity index (χ0v) is 17.1. The van der Waals surface area contributed by atoms with Gasteiger partial charge in [0.1, 0.15) is 0 Å². The van der Waals surface area contributed by atoms with E-state index in [1.165, 1.54) is 13.0 Å². The van der Waals surface area contributed by atoms with Gasteiger partial charge in [0.2, 0.25) is 15.9 Å². The van der Waals surface area contributed by atoms with E-state index < -0.39 is 10.0 Å². The summed E-state index contributed by atoms with van der Waals surface area (Å²) in [5.74, 6) is -0.238. The van der Waals surface area contributed by atoms with Gasteiger partial charge in [-0.3, -0.25) is 9.69 Å². The Bertz CT molecular complexity index is 923. The van der Waals surface area contributed by atoms with Gasteiger partial charge in [-0.25, -0.2) is 13.1 Å². The Morgan fingerprint density at radius 1 is 1.11 bits per heavy atom. The Balaban J connectivity index is 1.81. The lowest BCUT2D eigenvalue weighted by Gasteiger charge is -2.28. The molecule has 7 heteroatoms. The number of anilines is 1. The van der Waals surface area contributed by atoms with Crippen molar-refractivity contribution in [1.82, 2.24) is 9.62 Å². The van der Waals surface area contributed by atoms with Crippen molar-refractivity contribution in [1.29, 1.82) is 0 Å². The van der Waals surface area contributed by atoms with E-state index in [1.54, 1.807) is 19.1 Å². The quantitative estimate of drug-likeness (QED) is 0.747. The van der Waals surface area contributed by atoms with Crippen LogP contribution in [0.25, 0.3) is 0 Å². The van der Waals surface area contributed by atoms with Crippen LogP contribution in [0.15, 0.2) is 53.4 Å². The summed E-state index contributed by atoms with van der Waals surface area (Å²) in [6, 6.07) is 14.9. The molecule has 0 saturated carbocycles. The first kappa shape index (κ1) is 20.5. The van der Waals surface area contributed by atoms with Gasteiger partial charge in [0.15, 0.2) is 0 Å². The average Bonchev–Trinajstić information content (AvgIpc) is 3.18. The van der Waals surface area contributed by atoms with E-state index in [0.717, 1.165) is 31.5 Å². The van der Waals surface area contributed by atoms with Gasteiger partial charge in [0.05, 0.1) is 4.90 Å². The van der Waals surface area contributed by atoms with Crippen molar-refractivity contribution in [2.75, 3.05) is 25.0 Å². The van der Waals surface area contributed by atoms with E-state index in [4.69, 9.17) is 0 Å². The fourth-order valence-electron chi connectivity index (χ4n) is 3.62. The first-order chi connectivity index (χ1) is 13.4. The van der Waals surface area contributed by atoms with Gasteiger partial charge < -0.3 is 5.32 Å². The van der Waals surface area contributed by atoms with E-state index in [-0.39, 0.29) is 16.8 Å². The first-order valence-electron chi connectivity index (χ1n) is 9.54. The number of nitrogens with zero attached hydrogens (tertiary/aromatic N) is 1. The first-order valence-corrected chi connectivity index (χ1v) is 11.0. The molecule has 0 aromatic heterocycles. The van der Waals surface area contributed by atoms with E-state index >= 15 is 0 Å². The number of carbonyl (C=O) groups excluding carboxylic acids is 1. The number of benzene rings is 2. The van der Waals surface area contributed by atoms with Crippen LogP contribution < -0.4 is 10.0 Å². The Kier molecular flexibility index (Phi) is 6.49. The van der Waals surface area contributed by atoms with E-state index in [9.17, 15) is 13.2 Å². The zero-order chi connectivity index (χ0) is 20.1. The van der Waals surface area contributed by atoms with Gasteiger partial charge in [-0.2, -0.15) is 0 Å². The molecule has 28 heavy (non-hydrogen) atoms. The highest BCUT2D eigenvalue weighted by molar-refractivity contribution is 7.89. The largest absolute Gasteiger partial charge is 0.326 e. The molecule has 2 N–H and O–H groups in total. The lowest BCUT2D eigenvalue weighted by Crippen LogP contribution is -2.37. The molecule has 150 valence electrons. The third-order valence-electron chi connectivity index (χ3n) is 5.03. The summed E-state index contributed by atoms with van der Waals surface area (Å²) in [6.07, 6.45) is 2.27. The fourth-order valence-corrected chi connectivity index (χ4v) is 4.93. The molecule has 6 nitrogen and oxygen atoms in total. The van der Waals surface area contributed by atoms with Gasteiger partial charge in [0.25, 0.3) is 0 Å². The molecule has 0 unspecified atom stereocenters. The zero-order valence-electron chi connectivity index (χ0n) is 16.3. The van der Waals surface area contributed by atoms with Crippen LogP contribution in [-0.2, 0) is 14.8 Å². The number of likely N-dealkylation sites (tertiary alicyclic amines) is 1. The number of amides is 1. The average molecular weight is 402 g/mol. The van der Waals surface area contributed by atoms with Gasteiger partial charge in [-0.1, -0.05) is 36.4 Å². The molecule has 1 amide bonds. The third kappa shape index (κ3) is 4.98. The molecule has 3 rings (SSSR count). The Morgan fingerprint density at radius 2 is 1.79 bits per heavy atom. The second kappa shape index (κ2) is 8.86.